The van der Waals surface area contributed by atoms with Gasteiger partial charge in [0, 0.05) is 6.54 Å². The van der Waals surface area contributed by atoms with Crippen LogP contribution in [0.15, 0.2) is 0 Å². The Morgan fingerprint density at radius 1 is 1.04 bits per heavy atom. The van der Waals surface area contributed by atoms with E-state index in [9.17, 15) is 10.2 Å². The van der Waals surface area contributed by atoms with E-state index in [1.54, 1.807) is 0 Å². The molecule has 0 bridgehead atoms. The quantitative estimate of drug-likeness (QED) is 0.286. The Morgan fingerprint density at radius 3 is 2.50 bits per heavy atom. The van der Waals surface area contributed by atoms with Gasteiger partial charge in [0.1, 0.15) is 0 Å². The highest BCUT2D eigenvalue weighted by atomic mass is 16.5. The van der Waals surface area contributed by atoms with Gasteiger partial charge in [-0.1, -0.05) is 13.8 Å². The van der Waals surface area contributed by atoms with Crippen molar-refractivity contribution in [2.24, 2.45) is 40.2 Å². The maximum absolute atomic E-state index is 11.2. The van der Waals surface area contributed by atoms with Gasteiger partial charge in [-0.2, -0.15) is 0 Å². The highest BCUT2D eigenvalue weighted by Crippen LogP contribution is 2.66. The summed E-state index contributed by atoms with van der Waals surface area (Å²) >= 11 is 0. The first kappa shape index (κ1) is 20.4. The number of fused-ring (bicyclic) bond motifs is 5. The van der Waals surface area contributed by atoms with Gasteiger partial charge in [0.05, 0.1) is 24.9 Å². The number of nitrogens with two attached hydrogens (primary N) is 1. The topological polar surface area (TPSA) is 112 Å². The minimum Gasteiger partial charge on any atom is -0.393 e. The average molecular weight is 394 g/mol. The molecule has 4 rings (SSSR count). The number of aliphatic hydroxyl groups is 2. The summed E-state index contributed by atoms with van der Waals surface area (Å²) in [6.45, 7) is 5.84. The summed E-state index contributed by atoms with van der Waals surface area (Å²) in [6, 6.07) is 0. The second kappa shape index (κ2) is 7.44. The first-order valence-corrected chi connectivity index (χ1v) is 11.3. The van der Waals surface area contributed by atoms with E-state index in [4.69, 9.17) is 15.9 Å². The van der Waals surface area contributed by atoms with Crippen molar-refractivity contribution in [3.05, 3.63) is 0 Å². The summed E-state index contributed by atoms with van der Waals surface area (Å²) in [6.07, 6.45) is 8.17. The van der Waals surface area contributed by atoms with E-state index in [2.05, 4.69) is 19.2 Å². The number of hydrogen-bond acceptors (Lipinski definition) is 4. The Balaban J connectivity index is 1.43. The van der Waals surface area contributed by atoms with Crippen molar-refractivity contribution in [1.82, 2.24) is 5.32 Å². The van der Waals surface area contributed by atoms with Gasteiger partial charge < -0.3 is 26.0 Å². The minimum atomic E-state index is -0.256. The van der Waals surface area contributed by atoms with Crippen molar-refractivity contribution in [3.63, 3.8) is 0 Å². The molecule has 4 fully saturated rings. The predicted molar refractivity (Wildman–Crippen MR) is 109 cm³/mol. The number of nitrogens with one attached hydrogen (secondary N) is 2. The molecule has 0 spiro atoms. The van der Waals surface area contributed by atoms with Crippen LogP contribution in [0, 0.1) is 39.9 Å². The zero-order chi connectivity index (χ0) is 20.1. The zero-order valence-electron chi connectivity index (χ0n) is 17.5. The van der Waals surface area contributed by atoms with Crippen LogP contribution in [0.3, 0.4) is 0 Å². The third-order valence-corrected chi connectivity index (χ3v) is 9.35. The van der Waals surface area contributed by atoms with Crippen LogP contribution in [0.4, 0.5) is 0 Å². The van der Waals surface area contributed by atoms with Gasteiger partial charge in [-0.3, -0.25) is 5.41 Å². The Labute approximate surface area is 169 Å². The summed E-state index contributed by atoms with van der Waals surface area (Å²) in [5.41, 5.74) is 5.57. The highest BCUT2D eigenvalue weighted by molar-refractivity contribution is 5.74. The number of ether oxygens (including phenoxy) is 1. The second-order valence-corrected chi connectivity index (χ2v) is 10.5. The van der Waals surface area contributed by atoms with Crippen LogP contribution in [-0.2, 0) is 4.74 Å². The molecule has 28 heavy (non-hydrogen) atoms. The van der Waals surface area contributed by atoms with E-state index in [0.717, 1.165) is 44.9 Å². The van der Waals surface area contributed by atoms with Crippen LogP contribution >= 0.6 is 0 Å². The van der Waals surface area contributed by atoms with Crippen molar-refractivity contribution in [2.75, 3.05) is 13.2 Å². The van der Waals surface area contributed by atoms with Crippen molar-refractivity contribution in [3.8, 4) is 0 Å². The Morgan fingerprint density at radius 2 is 1.75 bits per heavy atom. The molecule has 0 amide bonds. The fourth-order valence-electron chi connectivity index (χ4n) is 7.80. The van der Waals surface area contributed by atoms with Gasteiger partial charge in [0.15, 0.2) is 5.96 Å². The monoisotopic (exact) mass is 393 g/mol. The molecule has 6 heteroatoms. The number of aliphatic hydroxyl groups excluding tert-OH is 2. The zero-order valence-corrected chi connectivity index (χ0v) is 17.5. The van der Waals surface area contributed by atoms with Gasteiger partial charge in [0.25, 0.3) is 0 Å². The van der Waals surface area contributed by atoms with E-state index in [-0.39, 0.29) is 35.1 Å². The van der Waals surface area contributed by atoms with E-state index < -0.39 is 0 Å². The first-order chi connectivity index (χ1) is 13.3. The van der Waals surface area contributed by atoms with E-state index in [0.29, 0.717) is 36.8 Å². The molecule has 4 unspecified atom stereocenters. The van der Waals surface area contributed by atoms with Crippen LogP contribution in [0.5, 0.6) is 0 Å². The lowest BCUT2D eigenvalue weighted by Gasteiger charge is -2.62. The van der Waals surface area contributed by atoms with E-state index in [1.165, 1.54) is 6.42 Å². The van der Waals surface area contributed by atoms with E-state index >= 15 is 0 Å². The van der Waals surface area contributed by atoms with Gasteiger partial charge in [-0.25, -0.2) is 0 Å². The lowest BCUT2D eigenvalue weighted by atomic mass is 9.44. The summed E-state index contributed by atoms with van der Waals surface area (Å²) in [4.78, 5) is 0. The SMILES string of the molecule is C[C@]12CCC(OCCNC(=N)N)CC1C(O)C[C@@H]1[C@H]2CC[C@]2(C)C(O)CC[C@@H]12. The lowest BCUT2D eigenvalue weighted by molar-refractivity contribution is -0.179. The molecule has 9 atom stereocenters. The molecular formula is C22H39N3O3. The number of hydrogen-bond donors (Lipinski definition) is 5. The van der Waals surface area contributed by atoms with Crippen molar-refractivity contribution in [1.29, 1.82) is 5.41 Å². The predicted octanol–water partition coefficient (Wildman–Crippen LogP) is 2.23. The molecule has 6 N–H and O–H groups in total. The molecule has 0 aromatic carbocycles. The van der Waals surface area contributed by atoms with E-state index in [1.807, 2.05) is 0 Å². The molecule has 4 aliphatic carbocycles. The van der Waals surface area contributed by atoms with Crippen LogP contribution in [-0.4, -0.2) is 47.6 Å². The van der Waals surface area contributed by atoms with Crippen LogP contribution in [0.25, 0.3) is 0 Å². The molecule has 0 aromatic rings. The fraction of sp³-hybridized carbons (Fsp3) is 0.955. The average Bonchev–Trinajstić information content (AvgIpc) is 2.95. The number of rotatable bonds is 4. The molecule has 0 heterocycles. The molecular weight excluding hydrogens is 354 g/mol. The third kappa shape index (κ3) is 3.25. The molecule has 160 valence electrons. The van der Waals surface area contributed by atoms with Gasteiger partial charge in [-0.15, -0.1) is 0 Å². The Hall–Kier alpha value is -0.850. The molecule has 0 saturated heterocycles. The molecule has 6 nitrogen and oxygen atoms in total. The Bertz CT molecular complexity index is 602. The van der Waals surface area contributed by atoms with Crippen molar-refractivity contribution < 1.29 is 14.9 Å². The van der Waals surface area contributed by atoms with Crippen LogP contribution < -0.4 is 11.1 Å². The molecule has 4 aliphatic rings. The molecule has 0 aromatic heterocycles. The van der Waals surface area contributed by atoms with Crippen molar-refractivity contribution in [2.45, 2.75) is 83.5 Å². The lowest BCUT2D eigenvalue weighted by Crippen LogP contribution is -2.58. The van der Waals surface area contributed by atoms with Crippen LogP contribution in [0.2, 0.25) is 0 Å². The first-order valence-electron chi connectivity index (χ1n) is 11.3. The smallest absolute Gasteiger partial charge is 0.185 e. The fourth-order valence-corrected chi connectivity index (χ4v) is 7.80. The maximum Gasteiger partial charge on any atom is 0.185 e. The third-order valence-electron chi connectivity index (χ3n) is 9.35. The maximum atomic E-state index is 11.2. The number of guanidine groups is 1. The van der Waals surface area contributed by atoms with Crippen LogP contribution in [0.1, 0.15) is 65.2 Å². The van der Waals surface area contributed by atoms with Crippen molar-refractivity contribution >= 4 is 5.96 Å². The largest absolute Gasteiger partial charge is 0.393 e. The molecule has 0 radical (unpaired) electrons. The second-order valence-electron chi connectivity index (χ2n) is 10.5. The molecule has 4 saturated carbocycles. The van der Waals surface area contributed by atoms with Gasteiger partial charge in [-0.05, 0) is 85.9 Å². The Kier molecular flexibility index (Phi) is 5.43. The summed E-state index contributed by atoms with van der Waals surface area (Å²) in [5.74, 6) is 2.09. The standard InChI is InChI=1S/C22H39N3O3/c1-21-7-5-13(28-10-9-25-20(23)24)11-17(21)18(26)12-14-15-3-4-19(27)22(15,2)8-6-16(14)21/h13-19,26-27H,3-12H2,1-2H3,(H4,23,24,25)/t13?,14-,15-,16+,17?,18?,19?,21+,22-/m0/s1. The minimum absolute atomic E-state index is 0.0186. The highest BCUT2D eigenvalue weighted by Gasteiger charge is 2.62. The summed E-state index contributed by atoms with van der Waals surface area (Å²) in [7, 11) is 0. The van der Waals surface area contributed by atoms with Gasteiger partial charge >= 0.3 is 0 Å². The normalized spacial score (nSPS) is 50.4. The summed E-state index contributed by atoms with van der Waals surface area (Å²) in [5, 5.41) is 31.8. The van der Waals surface area contributed by atoms with Gasteiger partial charge in [0.2, 0.25) is 0 Å². The molecule has 0 aliphatic heterocycles. The summed E-state index contributed by atoms with van der Waals surface area (Å²) < 4.78 is 6.05.